The van der Waals surface area contributed by atoms with E-state index in [1.165, 1.54) is 0 Å². The molecule has 0 unspecified atom stereocenters. The Balaban J connectivity index is 1.57. The Labute approximate surface area is 137 Å². The predicted octanol–water partition coefficient (Wildman–Crippen LogP) is 2.10. The zero-order valence-electron chi connectivity index (χ0n) is 12.3. The second-order valence-corrected chi connectivity index (χ2v) is 6.99. The van der Waals surface area contributed by atoms with Gasteiger partial charge in [-0.15, -0.1) is 22.7 Å². The molecular formula is C15H17N3O2S2. The first-order valence-electron chi connectivity index (χ1n) is 7.15. The first-order chi connectivity index (χ1) is 10.6. The van der Waals surface area contributed by atoms with E-state index < -0.39 is 0 Å². The average Bonchev–Trinajstić information content (AvgIpc) is 3.18. The number of carbonyl (C=O) groups excluding carboxylic acids is 2. The van der Waals surface area contributed by atoms with Crippen LogP contribution in [0.4, 0.5) is 0 Å². The zero-order valence-corrected chi connectivity index (χ0v) is 14.0. The second-order valence-electron chi connectivity index (χ2n) is 5.18. The molecule has 2 aromatic heterocycles. The zero-order chi connectivity index (χ0) is 15.5. The lowest BCUT2D eigenvalue weighted by atomic mass is 10.2. The van der Waals surface area contributed by atoms with E-state index in [9.17, 15) is 9.59 Å². The van der Waals surface area contributed by atoms with Crippen LogP contribution in [0.5, 0.6) is 0 Å². The molecule has 7 heteroatoms. The molecule has 1 aliphatic heterocycles. The van der Waals surface area contributed by atoms with Gasteiger partial charge in [0.05, 0.1) is 17.0 Å². The van der Waals surface area contributed by atoms with E-state index in [1.54, 1.807) is 34.5 Å². The number of rotatable bonds is 3. The van der Waals surface area contributed by atoms with Gasteiger partial charge in [0, 0.05) is 38.5 Å². The molecule has 22 heavy (non-hydrogen) atoms. The minimum Gasteiger partial charge on any atom is -0.339 e. The fourth-order valence-corrected chi connectivity index (χ4v) is 4.07. The van der Waals surface area contributed by atoms with Gasteiger partial charge in [0.15, 0.2) is 0 Å². The van der Waals surface area contributed by atoms with Gasteiger partial charge in [-0.1, -0.05) is 6.07 Å². The monoisotopic (exact) mass is 335 g/mol. The van der Waals surface area contributed by atoms with Crippen LogP contribution in [0, 0.1) is 0 Å². The Kier molecular flexibility index (Phi) is 4.54. The number of hydrogen-bond donors (Lipinski definition) is 0. The molecule has 0 radical (unpaired) electrons. The molecule has 5 nitrogen and oxygen atoms in total. The summed E-state index contributed by atoms with van der Waals surface area (Å²) < 4.78 is 0. The molecular weight excluding hydrogens is 318 g/mol. The number of nitrogens with zero attached hydrogens (tertiary/aromatic N) is 3. The summed E-state index contributed by atoms with van der Waals surface area (Å²) in [6.07, 6.45) is 0.335. The lowest BCUT2D eigenvalue weighted by Gasteiger charge is -2.34. The lowest BCUT2D eigenvalue weighted by molar-refractivity contribution is -0.138. The molecule has 1 aliphatic rings. The maximum absolute atomic E-state index is 12.3. The number of piperazine rings is 1. The van der Waals surface area contributed by atoms with Gasteiger partial charge in [0.1, 0.15) is 5.01 Å². The van der Waals surface area contributed by atoms with Crippen LogP contribution in [-0.4, -0.2) is 52.8 Å². The topological polar surface area (TPSA) is 53.5 Å². The summed E-state index contributed by atoms with van der Waals surface area (Å²) in [5.74, 6) is 0.165. The highest BCUT2D eigenvalue weighted by molar-refractivity contribution is 7.20. The maximum Gasteiger partial charge on any atom is 0.228 e. The normalized spacial score (nSPS) is 15.1. The van der Waals surface area contributed by atoms with E-state index in [1.807, 2.05) is 27.8 Å². The van der Waals surface area contributed by atoms with Gasteiger partial charge >= 0.3 is 0 Å². The molecule has 0 aliphatic carbocycles. The van der Waals surface area contributed by atoms with E-state index in [4.69, 9.17) is 0 Å². The molecule has 2 aromatic rings. The quantitative estimate of drug-likeness (QED) is 0.863. The Hall–Kier alpha value is -1.73. The highest BCUT2D eigenvalue weighted by Gasteiger charge is 2.23. The van der Waals surface area contributed by atoms with Crippen LogP contribution in [0.3, 0.4) is 0 Å². The van der Waals surface area contributed by atoms with E-state index in [-0.39, 0.29) is 11.8 Å². The summed E-state index contributed by atoms with van der Waals surface area (Å²) in [5.41, 5.74) is 0.826. The number of thiophene rings is 1. The number of amides is 2. The fourth-order valence-electron chi connectivity index (χ4n) is 2.44. The Morgan fingerprint density at radius 3 is 2.55 bits per heavy atom. The van der Waals surface area contributed by atoms with Crippen LogP contribution in [0.1, 0.15) is 12.6 Å². The van der Waals surface area contributed by atoms with E-state index >= 15 is 0 Å². The lowest BCUT2D eigenvalue weighted by Crippen LogP contribution is -2.50. The molecule has 0 aromatic carbocycles. The standard InChI is InChI=1S/C15H17N3O2S2/c1-11(19)17-4-6-18(7-5-17)14(20)9-12-10-22-15(16-12)13-3-2-8-21-13/h2-3,8,10H,4-7,9H2,1H3. The van der Waals surface area contributed by atoms with E-state index in [0.29, 0.717) is 32.6 Å². The van der Waals surface area contributed by atoms with Crippen LogP contribution in [0.15, 0.2) is 22.9 Å². The number of aromatic nitrogens is 1. The molecule has 0 saturated carbocycles. The summed E-state index contributed by atoms with van der Waals surface area (Å²) in [5, 5.41) is 4.95. The van der Waals surface area contributed by atoms with Crippen molar-refractivity contribution in [1.29, 1.82) is 0 Å². The van der Waals surface area contributed by atoms with Crippen LogP contribution in [0.2, 0.25) is 0 Å². The largest absolute Gasteiger partial charge is 0.339 e. The maximum atomic E-state index is 12.3. The van der Waals surface area contributed by atoms with Crippen molar-refractivity contribution in [3.8, 4) is 9.88 Å². The third-order valence-electron chi connectivity index (χ3n) is 3.69. The van der Waals surface area contributed by atoms with Gasteiger partial charge in [-0.2, -0.15) is 0 Å². The minimum atomic E-state index is 0.0761. The molecule has 1 fully saturated rings. The second kappa shape index (κ2) is 6.58. The SMILES string of the molecule is CC(=O)N1CCN(C(=O)Cc2csc(-c3cccs3)n2)CC1. The molecule has 116 valence electrons. The summed E-state index contributed by atoms with van der Waals surface area (Å²) in [6, 6.07) is 4.04. The van der Waals surface area contributed by atoms with Gasteiger partial charge in [-0.05, 0) is 11.4 Å². The van der Waals surface area contributed by atoms with Crippen molar-refractivity contribution < 1.29 is 9.59 Å². The minimum absolute atomic E-state index is 0.0761. The van der Waals surface area contributed by atoms with Crippen molar-refractivity contribution in [2.75, 3.05) is 26.2 Å². The first-order valence-corrected chi connectivity index (χ1v) is 8.91. The fraction of sp³-hybridized carbons (Fsp3) is 0.400. The summed E-state index contributed by atoms with van der Waals surface area (Å²) in [6.45, 7) is 4.04. The third-order valence-corrected chi connectivity index (χ3v) is 5.62. The molecule has 0 spiro atoms. The molecule has 0 atom stereocenters. The van der Waals surface area contributed by atoms with Crippen molar-refractivity contribution in [3.63, 3.8) is 0 Å². The van der Waals surface area contributed by atoms with Crippen LogP contribution in [0.25, 0.3) is 9.88 Å². The van der Waals surface area contributed by atoms with Crippen molar-refractivity contribution in [2.24, 2.45) is 0 Å². The van der Waals surface area contributed by atoms with Crippen LogP contribution >= 0.6 is 22.7 Å². The molecule has 0 bridgehead atoms. The van der Waals surface area contributed by atoms with Crippen molar-refractivity contribution in [1.82, 2.24) is 14.8 Å². The molecule has 3 rings (SSSR count). The Bertz CT molecular complexity index is 658. The summed E-state index contributed by atoms with van der Waals surface area (Å²) in [4.78, 5) is 32.9. The Morgan fingerprint density at radius 1 is 1.18 bits per heavy atom. The molecule has 0 N–H and O–H groups in total. The highest BCUT2D eigenvalue weighted by Crippen LogP contribution is 2.28. The van der Waals surface area contributed by atoms with Crippen LogP contribution < -0.4 is 0 Å². The first kappa shape index (κ1) is 15.2. The molecule has 2 amide bonds. The average molecular weight is 335 g/mol. The summed E-state index contributed by atoms with van der Waals surface area (Å²) in [7, 11) is 0. The number of carbonyl (C=O) groups is 2. The van der Waals surface area contributed by atoms with Gasteiger partial charge in [0.25, 0.3) is 0 Å². The highest BCUT2D eigenvalue weighted by atomic mass is 32.1. The van der Waals surface area contributed by atoms with Gasteiger partial charge in [-0.3, -0.25) is 9.59 Å². The number of hydrogen-bond acceptors (Lipinski definition) is 5. The van der Waals surface area contributed by atoms with Crippen molar-refractivity contribution >= 4 is 34.5 Å². The number of thiazole rings is 1. The van der Waals surface area contributed by atoms with E-state index in [0.717, 1.165) is 15.6 Å². The summed E-state index contributed by atoms with van der Waals surface area (Å²) >= 11 is 3.23. The van der Waals surface area contributed by atoms with Gasteiger partial charge < -0.3 is 9.80 Å². The van der Waals surface area contributed by atoms with Gasteiger partial charge in [0.2, 0.25) is 11.8 Å². The van der Waals surface area contributed by atoms with Crippen molar-refractivity contribution in [2.45, 2.75) is 13.3 Å². The van der Waals surface area contributed by atoms with Crippen molar-refractivity contribution in [3.05, 3.63) is 28.6 Å². The Morgan fingerprint density at radius 2 is 1.91 bits per heavy atom. The predicted molar refractivity (Wildman–Crippen MR) is 88.0 cm³/mol. The molecule has 1 saturated heterocycles. The smallest absolute Gasteiger partial charge is 0.228 e. The van der Waals surface area contributed by atoms with Gasteiger partial charge in [-0.25, -0.2) is 4.98 Å². The van der Waals surface area contributed by atoms with E-state index in [2.05, 4.69) is 4.98 Å². The third kappa shape index (κ3) is 3.36. The van der Waals surface area contributed by atoms with Crippen LogP contribution in [-0.2, 0) is 16.0 Å². The molecule has 3 heterocycles.